The summed E-state index contributed by atoms with van der Waals surface area (Å²) in [4.78, 5) is 10.9. The summed E-state index contributed by atoms with van der Waals surface area (Å²) in [6.07, 6.45) is 17.1. The van der Waals surface area contributed by atoms with E-state index in [0.29, 0.717) is 0 Å². The SMILES string of the molecule is C=CC=CC=CN(c1ccccc1)c1cccc(-c2cncc(-c3cccnc3)c2)c1. The minimum atomic E-state index is 1.05. The second kappa shape index (κ2) is 9.99. The highest BCUT2D eigenvalue weighted by Gasteiger charge is 2.09. The Balaban J connectivity index is 1.71. The molecule has 0 saturated heterocycles. The van der Waals surface area contributed by atoms with Crippen LogP contribution in [0.4, 0.5) is 11.4 Å². The summed E-state index contributed by atoms with van der Waals surface area (Å²) in [6.45, 7) is 3.72. The summed E-state index contributed by atoms with van der Waals surface area (Å²) in [6, 6.07) is 24.9. The lowest BCUT2D eigenvalue weighted by atomic mass is 10.0. The quantitative estimate of drug-likeness (QED) is 0.307. The van der Waals surface area contributed by atoms with Gasteiger partial charge in [0, 0.05) is 59.1 Å². The van der Waals surface area contributed by atoms with E-state index in [1.807, 2.05) is 67.2 Å². The lowest BCUT2D eigenvalue weighted by Crippen LogP contribution is -2.08. The average molecular weight is 402 g/mol. The van der Waals surface area contributed by atoms with Crippen molar-refractivity contribution < 1.29 is 0 Å². The number of aromatic nitrogens is 2. The van der Waals surface area contributed by atoms with Gasteiger partial charge >= 0.3 is 0 Å². The second-order valence-corrected chi connectivity index (χ2v) is 6.92. The number of allylic oxidation sites excluding steroid dienone is 4. The van der Waals surface area contributed by atoms with Crippen molar-refractivity contribution >= 4 is 11.4 Å². The highest BCUT2D eigenvalue weighted by molar-refractivity contribution is 5.76. The van der Waals surface area contributed by atoms with Crippen molar-refractivity contribution in [1.29, 1.82) is 0 Å². The van der Waals surface area contributed by atoms with Crippen molar-refractivity contribution in [1.82, 2.24) is 9.97 Å². The highest BCUT2D eigenvalue weighted by atomic mass is 15.1. The highest BCUT2D eigenvalue weighted by Crippen LogP contribution is 2.31. The van der Waals surface area contributed by atoms with Crippen molar-refractivity contribution in [2.24, 2.45) is 0 Å². The molecular weight excluding hydrogens is 378 g/mol. The van der Waals surface area contributed by atoms with Crippen molar-refractivity contribution in [3.05, 3.63) is 135 Å². The Morgan fingerprint density at radius 1 is 0.613 bits per heavy atom. The number of para-hydroxylation sites is 1. The summed E-state index contributed by atoms with van der Waals surface area (Å²) in [5.74, 6) is 0. The van der Waals surface area contributed by atoms with Crippen LogP contribution in [0.15, 0.2) is 135 Å². The molecule has 2 aromatic heterocycles. The maximum absolute atomic E-state index is 4.47. The maximum Gasteiger partial charge on any atom is 0.0461 e. The van der Waals surface area contributed by atoms with Gasteiger partial charge in [0.1, 0.15) is 0 Å². The minimum absolute atomic E-state index is 1.05. The third-order valence-corrected chi connectivity index (χ3v) is 4.82. The molecule has 0 radical (unpaired) electrons. The third kappa shape index (κ3) is 5.03. The molecule has 0 unspecified atom stereocenters. The summed E-state index contributed by atoms with van der Waals surface area (Å²) < 4.78 is 0. The number of hydrogen-bond acceptors (Lipinski definition) is 3. The fourth-order valence-electron chi connectivity index (χ4n) is 3.31. The molecule has 4 aromatic rings. The molecule has 0 atom stereocenters. The fraction of sp³-hybridized carbons (Fsp3) is 0. The Morgan fingerprint density at radius 2 is 1.35 bits per heavy atom. The van der Waals surface area contributed by atoms with E-state index in [1.165, 1.54) is 0 Å². The van der Waals surface area contributed by atoms with E-state index in [9.17, 15) is 0 Å². The molecule has 3 nitrogen and oxygen atoms in total. The molecule has 0 saturated carbocycles. The molecule has 0 amide bonds. The van der Waals surface area contributed by atoms with Crippen LogP contribution in [0.25, 0.3) is 22.3 Å². The topological polar surface area (TPSA) is 29.0 Å². The van der Waals surface area contributed by atoms with Crippen LogP contribution in [0.3, 0.4) is 0 Å². The average Bonchev–Trinajstić information content (AvgIpc) is 2.85. The molecule has 0 spiro atoms. The van der Waals surface area contributed by atoms with Gasteiger partial charge < -0.3 is 4.90 Å². The Kier molecular flexibility index (Phi) is 6.46. The van der Waals surface area contributed by atoms with Crippen LogP contribution in [0.1, 0.15) is 0 Å². The molecule has 4 rings (SSSR count). The van der Waals surface area contributed by atoms with Crippen molar-refractivity contribution in [2.75, 3.05) is 4.90 Å². The summed E-state index contributed by atoms with van der Waals surface area (Å²) >= 11 is 0. The summed E-state index contributed by atoms with van der Waals surface area (Å²) in [5.41, 5.74) is 6.42. The predicted molar refractivity (Wildman–Crippen MR) is 130 cm³/mol. The zero-order valence-corrected chi connectivity index (χ0v) is 17.2. The van der Waals surface area contributed by atoms with Crippen molar-refractivity contribution in [3.63, 3.8) is 0 Å². The monoisotopic (exact) mass is 401 g/mol. The van der Waals surface area contributed by atoms with Crippen LogP contribution in [-0.2, 0) is 0 Å². The number of rotatable bonds is 7. The molecule has 0 aliphatic carbocycles. The van der Waals surface area contributed by atoms with E-state index in [-0.39, 0.29) is 0 Å². The third-order valence-electron chi connectivity index (χ3n) is 4.82. The number of anilines is 2. The van der Waals surface area contributed by atoms with Crippen LogP contribution in [0.5, 0.6) is 0 Å². The van der Waals surface area contributed by atoms with Gasteiger partial charge in [-0.15, -0.1) is 0 Å². The van der Waals surface area contributed by atoms with Gasteiger partial charge in [0.25, 0.3) is 0 Å². The van der Waals surface area contributed by atoms with Crippen LogP contribution in [-0.4, -0.2) is 9.97 Å². The lowest BCUT2D eigenvalue weighted by molar-refractivity contribution is 1.28. The number of benzene rings is 2. The molecule has 0 aliphatic rings. The van der Waals surface area contributed by atoms with Crippen LogP contribution < -0.4 is 4.90 Å². The maximum atomic E-state index is 4.47. The summed E-state index contributed by atoms with van der Waals surface area (Å²) in [5, 5.41) is 0. The van der Waals surface area contributed by atoms with E-state index in [2.05, 4.69) is 70.1 Å². The Labute approximate surface area is 183 Å². The molecule has 0 bridgehead atoms. The van der Waals surface area contributed by atoms with Crippen molar-refractivity contribution in [3.8, 4) is 22.3 Å². The van der Waals surface area contributed by atoms with E-state index in [0.717, 1.165) is 33.6 Å². The first kappa shape index (κ1) is 20.0. The number of hydrogen-bond donors (Lipinski definition) is 0. The Bertz CT molecular complexity index is 1200. The molecule has 2 aromatic carbocycles. The minimum Gasteiger partial charge on any atom is -0.317 e. The van der Waals surface area contributed by atoms with Gasteiger partial charge in [-0.1, -0.05) is 61.2 Å². The standard InChI is InChI=1S/C28H23N3/c1-2-3-4-8-17-31(27-13-6-5-7-14-27)28-15-9-11-23(19-28)25-18-26(22-30-21-25)24-12-10-16-29-20-24/h2-22H,1H2. The second-order valence-electron chi connectivity index (χ2n) is 6.92. The molecule has 31 heavy (non-hydrogen) atoms. The van der Waals surface area contributed by atoms with E-state index < -0.39 is 0 Å². The first-order valence-electron chi connectivity index (χ1n) is 10.1. The van der Waals surface area contributed by atoms with Gasteiger partial charge in [-0.05, 0) is 48.0 Å². The van der Waals surface area contributed by atoms with Crippen LogP contribution in [0, 0.1) is 0 Å². The largest absolute Gasteiger partial charge is 0.317 e. The molecule has 2 heterocycles. The number of pyridine rings is 2. The smallest absolute Gasteiger partial charge is 0.0461 e. The normalized spacial score (nSPS) is 11.1. The fourth-order valence-corrected chi connectivity index (χ4v) is 3.31. The zero-order valence-electron chi connectivity index (χ0n) is 17.2. The van der Waals surface area contributed by atoms with E-state index >= 15 is 0 Å². The zero-order chi connectivity index (χ0) is 21.3. The van der Waals surface area contributed by atoms with Gasteiger partial charge in [0.15, 0.2) is 0 Å². The first-order chi connectivity index (χ1) is 15.3. The van der Waals surface area contributed by atoms with Crippen molar-refractivity contribution in [2.45, 2.75) is 0 Å². The van der Waals surface area contributed by atoms with E-state index in [1.54, 1.807) is 12.3 Å². The number of nitrogens with zero attached hydrogens (tertiary/aromatic N) is 3. The molecule has 0 aliphatic heterocycles. The summed E-state index contributed by atoms with van der Waals surface area (Å²) in [7, 11) is 0. The van der Waals surface area contributed by atoms with Gasteiger partial charge in [0.2, 0.25) is 0 Å². The first-order valence-corrected chi connectivity index (χ1v) is 10.1. The van der Waals surface area contributed by atoms with Crippen LogP contribution in [0.2, 0.25) is 0 Å². The predicted octanol–water partition coefficient (Wildman–Crippen LogP) is 7.20. The van der Waals surface area contributed by atoms with Gasteiger partial charge in [0.05, 0.1) is 0 Å². The molecule has 150 valence electrons. The van der Waals surface area contributed by atoms with Gasteiger partial charge in [-0.2, -0.15) is 0 Å². The lowest BCUT2D eigenvalue weighted by Gasteiger charge is -2.21. The molecule has 0 N–H and O–H groups in total. The molecular formula is C28H23N3. The van der Waals surface area contributed by atoms with Gasteiger partial charge in [-0.3, -0.25) is 9.97 Å². The molecule has 0 fully saturated rings. The van der Waals surface area contributed by atoms with E-state index in [4.69, 9.17) is 0 Å². The Hall–Kier alpha value is -4.24. The van der Waals surface area contributed by atoms with Gasteiger partial charge in [-0.25, -0.2) is 0 Å². The Morgan fingerprint density at radius 3 is 2.13 bits per heavy atom. The van der Waals surface area contributed by atoms with Crippen LogP contribution >= 0.6 is 0 Å². The molecule has 3 heteroatoms.